The van der Waals surface area contributed by atoms with Crippen molar-refractivity contribution in [3.8, 4) is 6.07 Å². The van der Waals surface area contributed by atoms with E-state index in [0.717, 1.165) is 12.1 Å². The Labute approximate surface area is 218 Å². The number of benzene rings is 1. The molecule has 1 saturated heterocycles. The molecule has 1 aromatic carbocycles. The van der Waals surface area contributed by atoms with Crippen molar-refractivity contribution in [1.82, 2.24) is 14.8 Å². The quantitative estimate of drug-likeness (QED) is 0.569. The van der Waals surface area contributed by atoms with Crippen molar-refractivity contribution in [2.45, 2.75) is 50.1 Å². The van der Waals surface area contributed by atoms with Gasteiger partial charge >= 0.3 is 5.97 Å². The number of likely N-dealkylation sites (tertiary alicyclic amines) is 1. The van der Waals surface area contributed by atoms with Crippen LogP contribution in [0.3, 0.4) is 0 Å². The van der Waals surface area contributed by atoms with Gasteiger partial charge in [-0.25, -0.2) is 13.6 Å². The van der Waals surface area contributed by atoms with Gasteiger partial charge in [0.25, 0.3) is 0 Å². The molecule has 38 heavy (non-hydrogen) atoms. The Bertz CT molecular complexity index is 1330. The summed E-state index contributed by atoms with van der Waals surface area (Å²) in [7, 11) is 0. The molecule has 0 saturated carbocycles. The Morgan fingerprint density at radius 3 is 2.50 bits per heavy atom. The molecule has 2 aromatic rings. The lowest BCUT2D eigenvalue weighted by Crippen LogP contribution is -2.57. The van der Waals surface area contributed by atoms with Gasteiger partial charge in [-0.1, -0.05) is 12.1 Å². The molecule has 3 N–H and O–H groups in total. The molecule has 0 spiro atoms. The maximum atomic E-state index is 13.9. The molecule has 4 rings (SSSR count). The lowest BCUT2D eigenvalue weighted by molar-refractivity contribution is -0.140. The fourth-order valence-corrected chi connectivity index (χ4v) is 5.49. The number of amides is 2. The summed E-state index contributed by atoms with van der Waals surface area (Å²) in [6, 6.07) is 10.8. The van der Waals surface area contributed by atoms with Crippen molar-refractivity contribution in [3.63, 3.8) is 0 Å². The van der Waals surface area contributed by atoms with Crippen LogP contribution in [-0.2, 0) is 19.8 Å². The van der Waals surface area contributed by atoms with Gasteiger partial charge in [-0.15, -0.1) is 0 Å². The summed E-state index contributed by atoms with van der Waals surface area (Å²) in [6.07, 6.45) is 0.931. The van der Waals surface area contributed by atoms with Crippen LogP contribution in [0, 0.1) is 23.0 Å². The van der Waals surface area contributed by atoms with Gasteiger partial charge in [-0.3, -0.25) is 24.4 Å². The Morgan fingerprint density at radius 2 is 1.95 bits per heavy atom. The van der Waals surface area contributed by atoms with Gasteiger partial charge in [0.1, 0.15) is 5.41 Å². The minimum atomic E-state index is -1.31. The van der Waals surface area contributed by atoms with E-state index >= 15 is 0 Å². The van der Waals surface area contributed by atoms with Crippen LogP contribution in [0.5, 0.6) is 0 Å². The number of allylic oxidation sites excluding steroid dienone is 1. The summed E-state index contributed by atoms with van der Waals surface area (Å²) in [5, 5.41) is 20.1. The molecule has 2 unspecified atom stereocenters. The maximum absolute atomic E-state index is 13.9. The van der Waals surface area contributed by atoms with E-state index in [9.17, 15) is 33.5 Å². The number of aromatic nitrogens is 1. The monoisotopic (exact) mass is 523 g/mol. The topological polar surface area (TPSA) is 141 Å². The number of piperidine rings is 1. The van der Waals surface area contributed by atoms with E-state index in [4.69, 9.17) is 5.73 Å². The smallest absolute Gasteiger partial charge is 0.333 e. The first kappa shape index (κ1) is 26.9. The molecule has 2 aliphatic rings. The molecule has 1 fully saturated rings. The highest BCUT2D eigenvalue weighted by molar-refractivity contribution is 5.95. The summed E-state index contributed by atoms with van der Waals surface area (Å²) in [4.78, 5) is 45.4. The fourth-order valence-electron chi connectivity index (χ4n) is 5.49. The van der Waals surface area contributed by atoms with Crippen molar-refractivity contribution in [2.24, 2.45) is 5.73 Å². The molecule has 0 radical (unpaired) electrons. The first-order valence-corrected chi connectivity index (χ1v) is 12.1. The minimum absolute atomic E-state index is 0.0941. The molecular formula is C27H27F2N5O4. The lowest BCUT2D eigenvalue weighted by Gasteiger charge is -2.46. The second-order valence-electron chi connectivity index (χ2n) is 9.59. The number of pyridine rings is 1. The summed E-state index contributed by atoms with van der Waals surface area (Å²) < 4.78 is 27.5. The number of nitriles is 1. The number of primary amides is 1. The van der Waals surface area contributed by atoms with Crippen LogP contribution in [0.1, 0.15) is 49.8 Å². The predicted octanol–water partition coefficient (Wildman–Crippen LogP) is 2.79. The number of nitrogens with zero attached hydrogens (tertiary/aromatic N) is 4. The van der Waals surface area contributed by atoms with Crippen LogP contribution in [-0.4, -0.2) is 56.9 Å². The average molecular weight is 524 g/mol. The fraction of sp³-hybridized carbons (Fsp3) is 0.370. The lowest BCUT2D eigenvalue weighted by atomic mass is 9.76. The summed E-state index contributed by atoms with van der Waals surface area (Å²) in [5.41, 5.74) is 5.44. The first-order valence-electron chi connectivity index (χ1n) is 12.1. The van der Waals surface area contributed by atoms with E-state index in [0.29, 0.717) is 31.6 Å². The van der Waals surface area contributed by atoms with Crippen molar-refractivity contribution in [2.75, 3.05) is 13.1 Å². The Hall–Kier alpha value is -4.17. The van der Waals surface area contributed by atoms with Gasteiger partial charge in [0.15, 0.2) is 11.6 Å². The number of nitrogens with two attached hydrogens (primary N) is 1. The standard InChI is InChI=1S/C27H27F2N5O4/c1-16-25(26(37)38)18(17-5-6-19(28)20(29)12-17)13-24(36)34(16)23(14-22(31)35)33-10-7-27(15-30,8-11-33)21-4-2-3-9-32-21/h2-6,9,12,18,23H,7-8,10-11,13-14H2,1H3,(H2,31,35)(H,37,38). The molecule has 1 aromatic heterocycles. The van der Waals surface area contributed by atoms with Crippen LogP contribution in [0.15, 0.2) is 53.9 Å². The zero-order chi connectivity index (χ0) is 27.6. The van der Waals surface area contributed by atoms with Crippen molar-refractivity contribution >= 4 is 17.8 Å². The maximum Gasteiger partial charge on any atom is 0.333 e. The van der Waals surface area contributed by atoms with Crippen LogP contribution >= 0.6 is 0 Å². The summed E-state index contributed by atoms with van der Waals surface area (Å²) in [6.45, 7) is 2.11. The van der Waals surface area contributed by atoms with Crippen LogP contribution < -0.4 is 5.73 Å². The zero-order valence-corrected chi connectivity index (χ0v) is 20.7. The van der Waals surface area contributed by atoms with Crippen LogP contribution in [0.25, 0.3) is 0 Å². The molecule has 2 amide bonds. The number of carbonyl (C=O) groups is 3. The number of hydrogen-bond acceptors (Lipinski definition) is 6. The van der Waals surface area contributed by atoms with E-state index < -0.39 is 46.9 Å². The molecule has 0 aliphatic carbocycles. The number of aliphatic carboxylic acids is 1. The van der Waals surface area contributed by atoms with E-state index in [-0.39, 0.29) is 29.7 Å². The average Bonchev–Trinajstić information content (AvgIpc) is 2.89. The Morgan fingerprint density at radius 1 is 1.24 bits per heavy atom. The molecule has 0 bridgehead atoms. The van der Waals surface area contributed by atoms with Gasteiger partial charge < -0.3 is 10.8 Å². The van der Waals surface area contributed by atoms with Gasteiger partial charge in [0.2, 0.25) is 11.8 Å². The van der Waals surface area contributed by atoms with E-state index in [1.165, 1.54) is 17.9 Å². The van der Waals surface area contributed by atoms with Crippen LogP contribution in [0.4, 0.5) is 8.78 Å². The highest BCUT2D eigenvalue weighted by atomic mass is 19.2. The Balaban J connectivity index is 1.68. The number of halogens is 2. The molecular weight excluding hydrogens is 496 g/mol. The summed E-state index contributed by atoms with van der Waals surface area (Å²) >= 11 is 0. The van der Waals surface area contributed by atoms with Gasteiger partial charge in [-0.05, 0) is 49.6 Å². The van der Waals surface area contributed by atoms with Crippen molar-refractivity contribution in [1.29, 1.82) is 5.26 Å². The second-order valence-corrected chi connectivity index (χ2v) is 9.59. The molecule has 11 heteroatoms. The van der Waals surface area contributed by atoms with Gasteiger partial charge in [0, 0.05) is 37.3 Å². The molecule has 2 atom stereocenters. The number of hydrogen-bond donors (Lipinski definition) is 2. The highest BCUT2D eigenvalue weighted by Gasteiger charge is 2.44. The third-order valence-electron chi connectivity index (χ3n) is 7.45. The van der Waals surface area contributed by atoms with E-state index in [1.807, 2.05) is 4.90 Å². The largest absolute Gasteiger partial charge is 0.478 e. The zero-order valence-electron chi connectivity index (χ0n) is 20.7. The van der Waals surface area contributed by atoms with Crippen LogP contribution in [0.2, 0.25) is 0 Å². The first-order chi connectivity index (χ1) is 18.1. The minimum Gasteiger partial charge on any atom is -0.478 e. The van der Waals surface area contributed by atoms with Crippen molar-refractivity contribution in [3.05, 3.63) is 76.8 Å². The van der Waals surface area contributed by atoms with Gasteiger partial charge in [0.05, 0.1) is 29.9 Å². The number of rotatable bonds is 7. The second kappa shape index (κ2) is 10.7. The molecule has 9 nitrogen and oxygen atoms in total. The number of carbonyl (C=O) groups excluding carboxylic acids is 2. The number of carboxylic acids is 1. The third kappa shape index (κ3) is 4.99. The van der Waals surface area contributed by atoms with Crippen molar-refractivity contribution < 1.29 is 28.3 Å². The predicted molar refractivity (Wildman–Crippen MR) is 131 cm³/mol. The van der Waals surface area contributed by atoms with Gasteiger partial charge in [-0.2, -0.15) is 5.26 Å². The Kier molecular flexibility index (Phi) is 7.55. The van der Waals surface area contributed by atoms with E-state index in [1.54, 1.807) is 24.4 Å². The van der Waals surface area contributed by atoms with E-state index in [2.05, 4.69) is 11.1 Å². The molecule has 2 aliphatic heterocycles. The SMILES string of the molecule is CC1=C(C(=O)O)C(c2ccc(F)c(F)c2)CC(=O)N1C(CC(N)=O)N1CCC(C#N)(c2ccccn2)CC1. The molecule has 3 heterocycles. The molecule has 198 valence electrons. The third-order valence-corrected chi connectivity index (χ3v) is 7.45. The highest BCUT2D eigenvalue weighted by Crippen LogP contribution is 2.40. The summed E-state index contributed by atoms with van der Waals surface area (Å²) in [5.74, 6) is -5.70. The normalized spacial score (nSPS) is 20.6. The number of carboxylic acid groups (broad SMARTS) is 1.